The fourth-order valence-corrected chi connectivity index (χ4v) is 2.82. The summed E-state index contributed by atoms with van der Waals surface area (Å²) in [5.74, 6) is 0. The summed E-state index contributed by atoms with van der Waals surface area (Å²) in [7, 11) is 0. The van der Waals surface area contributed by atoms with Crippen LogP contribution in [0.5, 0.6) is 0 Å². The summed E-state index contributed by atoms with van der Waals surface area (Å²) < 4.78 is 0. The number of nitro groups is 1. The van der Waals surface area contributed by atoms with Crippen molar-refractivity contribution in [3.05, 3.63) is 45.0 Å². The van der Waals surface area contributed by atoms with Gasteiger partial charge in [0.15, 0.2) is 5.13 Å². The highest BCUT2D eigenvalue weighted by Gasteiger charge is 2.10. The summed E-state index contributed by atoms with van der Waals surface area (Å²) in [6.07, 6.45) is 2.03. The Balaban J connectivity index is 1.95. The van der Waals surface area contributed by atoms with Crippen molar-refractivity contribution >= 4 is 27.8 Å². The first-order valence-corrected chi connectivity index (χ1v) is 8.15. The predicted octanol–water partition coefficient (Wildman–Crippen LogP) is 3.65. The summed E-state index contributed by atoms with van der Waals surface area (Å²) in [6.45, 7) is 5.82. The molecule has 118 valence electrons. The van der Waals surface area contributed by atoms with Crippen LogP contribution < -0.4 is 10.6 Å². The number of rotatable bonds is 8. The Bertz CT molecular complexity index is 642. The van der Waals surface area contributed by atoms with E-state index in [2.05, 4.69) is 22.5 Å². The number of anilines is 2. The van der Waals surface area contributed by atoms with Gasteiger partial charge in [-0.3, -0.25) is 10.1 Å². The molecule has 0 aliphatic rings. The van der Waals surface area contributed by atoms with Crippen LogP contribution in [0.4, 0.5) is 16.5 Å². The second kappa shape index (κ2) is 7.86. The standard InChI is InChI=1S/C15H20N4O2S/c1-3-7-16-8-6-13-10-22-15(18-13)17-12-4-5-14(19(20)21)11(2)9-12/h4-5,9-10,16H,3,6-8H2,1-2H3,(H,17,18). The molecule has 1 aromatic heterocycles. The largest absolute Gasteiger partial charge is 0.332 e. The summed E-state index contributed by atoms with van der Waals surface area (Å²) in [4.78, 5) is 15.0. The van der Waals surface area contributed by atoms with E-state index in [1.54, 1.807) is 30.4 Å². The lowest BCUT2D eigenvalue weighted by atomic mass is 10.2. The Kier molecular flexibility index (Phi) is 5.85. The highest BCUT2D eigenvalue weighted by molar-refractivity contribution is 7.13. The Morgan fingerprint density at radius 1 is 1.36 bits per heavy atom. The van der Waals surface area contributed by atoms with Gasteiger partial charge in [0.05, 0.1) is 10.6 Å². The number of benzene rings is 1. The highest BCUT2D eigenvalue weighted by atomic mass is 32.1. The molecule has 6 nitrogen and oxygen atoms in total. The second-order valence-electron chi connectivity index (χ2n) is 5.03. The van der Waals surface area contributed by atoms with E-state index in [0.717, 1.165) is 42.4 Å². The molecule has 1 aromatic carbocycles. The maximum Gasteiger partial charge on any atom is 0.272 e. The molecule has 2 aromatic rings. The third kappa shape index (κ3) is 4.51. The van der Waals surface area contributed by atoms with E-state index >= 15 is 0 Å². The van der Waals surface area contributed by atoms with Gasteiger partial charge in [0.1, 0.15) is 0 Å². The van der Waals surface area contributed by atoms with Gasteiger partial charge in [-0.25, -0.2) is 4.98 Å². The van der Waals surface area contributed by atoms with Gasteiger partial charge in [0.2, 0.25) is 0 Å². The lowest BCUT2D eigenvalue weighted by Gasteiger charge is -2.04. The molecule has 0 aliphatic heterocycles. The van der Waals surface area contributed by atoms with Crippen LogP contribution in [0.1, 0.15) is 24.6 Å². The van der Waals surface area contributed by atoms with Crippen molar-refractivity contribution in [2.24, 2.45) is 0 Å². The van der Waals surface area contributed by atoms with Crippen molar-refractivity contribution in [2.45, 2.75) is 26.7 Å². The molecule has 0 radical (unpaired) electrons. The van der Waals surface area contributed by atoms with Gasteiger partial charge in [-0.15, -0.1) is 11.3 Å². The van der Waals surface area contributed by atoms with Crippen molar-refractivity contribution in [1.82, 2.24) is 10.3 Å². The number of nitro benzene ring substituents is 1. The Hall–Kier alpha value is -1.99. The molecule has 2 rings (SSSR count). The average molecular weight is 320 g/mol. The van der Waals surface area contributed by atoms with Crippen LogP contribution in [0, 0.1) is 17.0 Å². The normalized spacial score (nSPS) is 10.6. The number of thiazole rings is 1. The average Bonchev–Trinajstić information content (AvgIpc) is 2.91. The first-order chi connectivity index (χ1) is 10.6. The summed E-state index contributed by atoms with van der Waals surface area (Å²) in [6, 6.07) is 4.98. The van der Waals surface area contributed by atoms with Crippen LogP contribution in [-0.4, -0.2) is 23.0 Å². The third-order valence-corrected chi connectivity index (χ3v) is 3.99. The van der Waals surface area contributed by atoms with Gasteiger partial charge in [-0.05, 0) is 32.0 Å². The maximum atomic E-state index is 10.8. The van der Waals surface area contributed by atoms with Gasteiger partial charge < -0.3 is 10.6 Å². The van der Waals surface area contributed by atoms with E-state index in [0.29, 0.717) is 5.56 Å². The van der Waals surface area contributed by atoms with Crippen LogP contribution in [0.15, 0.2) is 23.6 Å². The van der Waals surface area contributed by atoms with Crippen LogP contribution in [0.25, 0.3) is 0 Å². The Morgan fingerprint density at radius 2 is 2.18 bits per heavy atom. The van der Waals surface area contributed by atoms with Crippen molar-refractivity contribution in [1.29, 1.82) is 0 Å². The van der Waals surface area contributed by atoms with Gasteiger partial charge >= 0.3 is 0 Å². The molecular weight excluding hydrogens is 300 g/mol. The molecule has 7 heteroatoms. The second-order valence-corrected chi connectivity index (χ2v) is 5.89. The molecule has 0 unspecified atom stereocenters. The number of nitrogens with zero attached hydrogens (tertiary/aromatic N) is 2. The van der Waals surface area contributed by atoms with Crippen LogP contribution in [0.2, 0.25) is 0 Å². The minimum absolute atomic E-state index is 0.132. The van der Waals surface area contributed by atoms with Gasteiger partial charge in [0, 0.05) is 35.7 Å². The van der Waals surface area contributed by atoms with E-state index in [9.17, 15) is 10.1 Å². The van der Waals surface area contributed by atoms with E-state index in [1.807, 2.05) is 5.38 Å². The molecule has 0 saturated heterocycles. The van der Waals surface area contributed by atoms with E-state index in [1.165, 1.54) is 6.07 Å². The van der Waals surface area contributed by atoms with Crippen LogP contribution >= 0.6 is 11.3 Å². The topological polar surface area (TPSA) is 80.1 Å². The smallest absolute Gasteiger partial charge is 0.272 e. The summed E-state index contributed by atoms with van der Waals surface area (Å²) in [5, 5.41) is 20.2. The molecular formula is C15H20N4O2S. The summed E-state index contributed by atoms with van der Waals surface area (Å²) >= 11 is 1.54. The number of hydrogen-bond donors (Lipinski definition) is 2. The van der Waals surface area contributed by atoms with Crippen molar-refractivity contribution in [2.75, 3.05) is 18.4 Å². The van der Waals surface area contributed by atoms with E-state index in [-0.39, 0.29) is 10.6 Å². The van der Waals surface area contributed by atoms with Crippen molar-refractivity contribution < 1.29 is 4.92 Å². The number of aromatic nitrogens is 1. The number of aryl methyl sites for hydroxylation is 1. The molecule has 0 bridgehead atoms. The van der Waals surface area contributed by atoms with Crippen LogP contribution in [0.3, 0.4) is 0 Å². The first-order valence-electron chi connectivity index (χ1n) is 7.27. The summed E-state index contributed by atoms with van der Waals surface area (Å²) in [5.41, 5.74) is 2.63. The predicted molar refractivity (Wildman–Crippen MR) is 90.1 cm³/mol. The minimum atomic E-state index is -0.371. The van der Waals surface area contributed by atoms with Gasteiger partial charge in [-0.1, -0.05) is 6.92 Å². The zero-order chi connectivity index (χ0) is 15.9. The molecule has 22 heavy (non-hydrogen) atoms. The molecule has 1 heterocycles. The highest BCUT2D eigenvalue weighted by Crippen LogP contribution is 2.25. The van der Waals surface area contributed by atoms with Gasteiger partial charge in [-0.2, -0.15) is 0 Å². The van der Waals surface area contributed by atoms with E-state index in [4.69, 9.17) is 0 Å². The number of nitrogens with one attached hydrogen (secondary N) is 2. The fourth-order valence-electron chi connectivity index (χ4n) is 2.06. The first kappa shape index (κ1) is 16.4. The fraction of sp³-hybridized carbons (Fsp3) is 0.400. The zero-order valence-corrected chi connectivity index (χ0v) is 13.6. The minimum Gasteiger partial charge on any atom is -0.332 e. The molecule has 0 spiro atoms. The molecule has 2 N–H and O–H groups in total. The molecule has 0 atom stereocenters. The molecule has 0 amide bonds. The monoisotopic (exact) mass is 320 g/mol. The van der Waals surface area contributed by atoms with E-state index < -0.39 is 0 Å². The molecule has 0 saturated carbocycles. The zero-order valence-electron chi connectivity index (χ0n) is 12.8. The lowest BCUT2D eigenvalue weighted by molar-refractivity contribution is -0.385. The lowest BCUT2D eigenvalue weighted by Crippen LogP contribution is -2.17. The van der Waals surface area contributed by atoms with Crippen molar-refractivity contribution in [3.63, 3.8) is 0 Å². The number of hydrogen-bond acceptors (Lipinski definition) is 6. The Morgan fingerprint density at radius 3 is 2.86 bits per heavy atom. The molecule has 0 fully saturated rings. The SMILES string of the molecule is CCCNCCc1csc(Nc2ccc([N+](=O)[O-])c(C)c2)n1. The van der Waals surface area contributed by atoms with Gasteiger partial charge in [0.25, 0.3) is 5.69 Å². The van der Waals surface area contributed by atoms with Crippen molar-refractivity contribution in [3.8, 4) is 0 Å². The maximum absolute atomic E-state index is 10.8. The Labute approximate surface area is 133 Å². The molecule has 0 aliphatic carbocycles. The van der Waals surface area contributed by atoms with Crippen LogP contribution in [-0.2, 0) is 6.42 Å². The quantitative estimate of drug-likeness (QED) is 0.441. The third-order valence-electron chi connectivity index (χ3n) is 3.18.